The Kier molecular flexibility index (Phi) is 5.73. The molecule has 2 aromatic heterocycles. The largest absolute Gasteiger partial charge is 0.431 e. The first kappa shape index (κ1) is 19.2. The Morgan fingerprint density at radius 2 is 1.70 bits per heavy atom. The third-order valence-electron chi connectivity index (χ3n) is 5.75. The second-order valence-corrected chi connectivity index (χ2v) is 8.95. The number of fused-ring (bicyclic) bond motifs is 1. The molecule has 1 saturated heterocycles. The lowest BCUT2D eigenvalue weighted by Crippen LogP contribution is -2.33. The van der Waals surface area contributed by atoms with Crippen LogP contribution < -0.4 is 4.74 Å². The van der Waals surface area contributed by atoms with Gasteiger partial charge in [0.25, 0.3) is 5.19 Å². The molecule has 0 spiro atoms. The van der Waals surface area contributed by atoms with Gasteiger partial charge in [0.2, 0.25) is 0 Å². The van der Waals surface area contributed by atoms with Crippen LogP contribution in [0.15, 0.2) is 72.9 Å². The summed E-state index contributed by atoms with van der Waals surface area (Å²) in [6, 6.07) is 23.2. The van der Waals surface area contributed by atoms with Crippen LogP contribution in [0.5, 0.6) is 10.9 Å². The fourth-order valence-corrected chi connectivity index (χ4v) is 4.91. The lowest BCUT2D eigenvalue weighted by atomic mass is 9.90. The maximum absolute atomic E-state index is 5.93. The van der Waals surface area contributed by atoms with Crippen molar-refractivity contribution in [1.82, 2.24) is 14.9 Å². The van der Waals surface area contributed by atoms with E-state index in [-0.39, 0.29) is 0 Å². The SMILES string of the molecule is c1ccc(CC2CCN(Cc3ccc(Oc4nc5ncccc5s4)cc3)CC2)cc1. The molecule has 0 bridgehead atoms. The molecule has 0 N–H and O–H groups in total. The number of ether oxygens (including phenoxy) is 1. The molecule has 3 heterocycles. The van der Waals surface area contributed by atoms with Crippen LogP contribution in [0.1, 0.15) is 24.0 Å². The van der Waals surface area contributed by atoms with Gasteiger partial charge in [-0.05, 0) is 73.7 Å². The van der Waals surface area contributed by atoms with Crippen LogP contribution in [-0.4, -0.2) is 28.0 Å². The fraction of sp³-hybridized carbons (Fsp3) is 0.280. The van der Waals surface area contributed by atoms with Crippen molar-refractivity contribution in [2.45, 2.75) is 25.8 Å². The number of benzene rings is 2. The number of hydrogen-bond donors (Lipinski definition) is 0. The van der Waals surface area contributed by atoms with E-state index in [1.54, 1.807) is 6.20 Å². The van der Waals surface area contributed by atoms with E-state index >= 15 is 0 Å². The fourth-order valence-electron chi connectivity index (χ4n) is 4.11. The van der Waals surface area contributed by atoms with Crippen LogP contribution in [0.3, 0.4) is 0 Å². The summed E-state index contributed by atoms with van der Waals surface area (Å²) in [5.74, 6) is 1.63. The molecule has 1 aliphatic heterocycles. The van der Waals surface area contributed by atoms with Crippen LogP contribution in [0, 0.1) is 5.92 Å². The van der Waals surface area contributed by atoms with Gasteiger partial charge in [0.1, 0.15) is 5.75 Å². The van der Waals surface area contributed by atoms with Gasteiger partial charge < -0.3 is 4.74 Å². The molecule has 0 atom stereocenters. The summed E-state index contributed by atoms with van der Waals surface area (Å²) >= 11 is 1.52. The minimum absolute atomic E-state index is 0.636. The summed E-state index contributed by atoms with van der Waals surface area (Å²) in [5.41, 5.74) is 3.54. The first-order valence-electron chi connectivity index (χ1n) is 10.6. The maximum atomic E-state index is 5.93. The van der Waals surface area contributed by atoms with Gasteiger partial charge in [-0.3, -0.25) is 4.90 Å². The summed E-state index contributed by atoms with van der Waals surface area (Å²) < 4.78 is 6.97. The number of thiazole rings is 1. The van der Waals surface area contributed by atoms with E-state index in [1.807, 2.05) is 24.3 Å². The van der Waals surface area contributed by atoms with Crippen molar-refractivity contribution in [3.8, 4) is 10.9 Å². The van der Waals surface area contributed by atoms with E-state index in [0.29, 0.717) is 5.19 Å². The minimum Gasteiger partial charge on any atom is -0.431 e. The highest BCUT2D eigenvalue weighted by Gasteiger charge is 2.19. The molecule has 1 fully saturated rings. The Labute approximate surface area is 181 Å². The predicted molar refractivity (Wildman–Crippen MR) is 122 cm³/mol. The normalized spacial score (nSPS) is 15.5. The molecule has 4 nitrogen and oxygen atoms in total. The molecule has 0 aliphatic carbocycles. The van der Waals surface area contributed by atoms with E-state index in [1.165, 1.54) is 54.8 Å². The lowest BCUT2D eigenvalue weighted by molar-refractivity contribution is 0.177. The molecule has 5 rings (SSSR count). The van der Waals surface area contributed by atoms with Crippen molar-refractivity contribution in [1.29, 1.82) is 0 Å². The highest BCUT2D eigenvalue weighted by Crippen LogP contribution is 2.30. The molecule has 2 aromatic carbocycles. The summed E-state index contributed by atoms with van der Waals surface area (Å²) in [6.45, 7) is 3.35. The summed E-state index contributed by atoms with van der Waals surface area (Å²) in [6.07, 6.45) is 5.52. The van der Waals surface area contributed by atoms with Crippen LogP contribution >= 0.6 is 11.3 Å². The Hall–Kier alpha value is -2.76. The van der Waals surface area contributed by atoms with Crippen LogP contribution in [0.2, 0.25) is 0 Å². The summed E-state index contributed by atoms with van der Waals surface area (Å²) in [7, 11) is 0. The average molecular weight is 416 g/mol. The zero-order valence-corrected chi connectivity index (χ0v) is 17.7. The first-order chi connectivity index (χ1) is 14.8. The molecule has 0 amide bonds. The van der Waals surface area contributed by atoms with Crippen molar-refractivity contribution in [3.05, 3.63) is 84.1 Å². The molecule has 5 heteroatoms. The van der Waals surface area contributed by atoms with Crippen LogP contribution in [-0.2, 0) is 13.0 Å². The number of rotatable bonds is 6. The van der Waals surface area contributed by atoms with E-state index in [0.717, 1.165) is 28.6 Å². The third kappa shape index (κ3) is 4.69. The molecule has 0 saturated carbocycles. The second kappa shape index (κ2) is 8.94. The van der Waals surface area contributed by atoms with Gasteiger partial charge in [0.15, 0.2) is 5.65 Å². The highest BCUT2D eigenvalue weighted by atomic mass is 32.1. The highest BCUT2D eigenvalue weighted by molar-refractivity contribution is 7.20. The zero-order chi connectivity index (χ0) is 20.2. The van der Waals surface area contributed by atoms with Gasteiger partial charge in [0.05, 0.1) is 4.70 Å². The summed E-state index contributed by atoms with van der Waals surface area (Å²) in [5, 5.41) is 0.636. The van der Waals surface area contributed by atoms with Crippen molar-refractivity contribution in [2.24, 2.45) is 5.92 Å². The molecule has 152 valence electrons. The molecule has 1 aliphatic rings. The standard InChI is InChI=1S/C25H25N3OS/c1-2-5-19(6-3-1)17-20-12-15-28(16-13-20)18-21-8-10-22(11-9-21)29-25-27-24-23(30-25)7-4-14-26-24/h1-11,14,20H,12-13,15-18H2. The number of pyridine rings is 1. The van der Waals surface area contributed by atoms with Crippen molar-refractivity contribution >= 4 is 21.7 Å². The van der Waals surface area contributed by atoms with Crippen LogP contribution in [0.4, 0.5) is 0 Å². The van der Waals surface area contributed by atoms with E-state index in [9.17, 15) is 0 Å². The molecule has 0 unspecified atom stereocenters. The summed E-state index contributed by atoms with van der Waals surface area (Å²) in [4.78, 5) is 11.3. The Morgan fingerprint density at radius 1 is 0.900 bits per heavy atom. The lowest BCUT2D eigenvalue weighted by Gasteiger charge is -2.32. The van der Waals surface area contributed by atoms with Gasteiger partial charge >= 0.3 is 0 Å². The maximum Gasteiger partial charge on any atom is 0.281 e. The van der Waals surface area contributed by atoms with Gasteiger partial charge in [-0.15, -0.1) is 0 Å². The van der Waals surface area contributed by atoms with Gasteiger partial charge in [-0.1, -0.05) is 53.8 Å². The van der Waals surface area contributed by atoms with Crippen molar-refractivity contribution < 1.29 is 4.74 Å². The van der Waals surface area contributed by atoms with E-state index < -0.39 is 0 Å². The van der Waals surface area contributed by atoms with Gasteiger partial charge in [-0.2, -0.15) is 4.98 Å². The van der Waals surface area contributed by atoms with Crippen molar-refractivity contribution in [2.75, 3.05) is 13.1 Å². The smallest absolute Gasteiger partial charge is 0.281 e. The quantitative estimate of drug-likeness (QED) is 0.391. The Balaban J connectivity index is 1.13. The average Bonchev–Trinajstić information content (AvgIpc) is 3.19. The number of likely N-dealkylation sites (tertiary alicyclic amines) is 1. The first-order valence-corrected chi connectivity index (χ1v) is 11.4. The number of hydrogen-bond acceptors (Lipinski definition) is 5. The monoisotopic (exact) mass is 415 g/mol. The van der Waals surface area contributed by atoms with Gasteiger partial charge in [-0.25, -0.2) is 4.98 Å². The van der Waals surface area contributed by atoms with E-state index in [4.69, 9.17) is 4.74 Å². The number of piperidine rings is 1. The molecular weight excluding hydrogens is 390 g/mol. The van der Waals surface area contributed by atoms with Gasteiger partial charge in [0, 0.05) is 12.7 Å². The van der Waals surface area contributed by atoms with Crippen LogP contribution in [0.25, 0.3) is 10.3 Å². The van der Waals surface area contributed by atoms with Crippen molar-refractivity contribution in [3.63, 3.8) is 0 Å². The predicted octanol–water partition coefficient (Wildman–Crippen LogP) is 5.94. The topological polar surface area (TPSA) is 38.2 Å². The second-order valence-electron chi connectivity index (χ2n) is 7.96. The minimum atomic E-state index is 0.636. The molecular formula is C25H25N3OS. The number of nitrogens with zero attached hydrogens (tertiary/aromatic N) is 3. The molecule has 30 heavy (non-hydrogen) atoms. The van der Waals surface area contributed by atoms with E-state index in [2.05, 4.69) is 57.3 Å². The third-order valence-corrected chi connectivity index (χ3v) is 6.64. The molecule has 0 radical (unpaired) electrons. The Morgan fingerprint density at radius 3 is 2.47 bits per heavy atom. The zero-order valence-electron chi connectivity index (χ0n) is 16.9. The molecule has 4 aromatic rings. The number of aromatic nitrogens is 2. The Bertz CT molecular complexity index is 1050.